The lowest BCUT2D eigenvalue weighted by atomic mass is 9.91. The van der Waals surface area contributed by atoms with Gasteiger partial charge in [-0.2, -0.15) is 0 Å². The van der Waals surface area contributed by atoms with Gasteiger partial charge < -0.3 is 14.6 Å². The van der Waals surface area contributed by atoms with Crippen LogP contribution in [0.2, 0.25) is 0 Å². The van der Waals surface area contributed by atoms with Gasteiger partial charge in [-0.05, 0) is 36.5 Å². The van der Waals surface area contributed by atoms with Crippen LogP contribution in [-0.2, 0) is 14.3 Å². The standard InChI is InChI=1S/C39H78O4/c1-7-8-9-10-11-12-13-14-15-16-17-18-19-20-31-42-33-38(39(40)41)43-32-30-37(6)29-23-28-36(5)27-22-26-35(4)25-21-24-34(2)3/h34-38H,7-33H2,1-6H3,(H,40,41). The minimum Gasteiger partial charge on any atom is -0.479 e. The Morgan fingerprint density at radius 2 is 0.907 bits per heavy atom. The van der Waals surface area contributed by atoms with Crippen LogP contribution in [0.4, 0.5) is 0 Å². The lowest BCUT2D eigenvalue weighted by Gasteiger charge is -2.18. The molecule has 0 bridgehead atoms. The van der Waals surface area contributed by atoms with E-state index in [2.05, 4.69) is 41.5 Å². The van der Waals surface area contributed by atoms with Gasteiger partial charge in [0.25, 0.3) is 0 Å². The van der Waals surface area contributed by atoms with Gasteiger partial charge in [-0.15, -0.1) is 0 Å². The van der Waals surface area contributed by atoms with E-state index >= 15 is 0 Å². The summed E-state index contributed by atoms with van der Waals surface area (Å²) in [5, 5.41) is 9.53. The molecule has 4 nitrogen and oxygen atoms in total. The number of rotatable bonds is 34. The predicted octanol–water partition coefficient (Wildman–Crippen LogP) is 12.4. The first-order valence-electron chi connectivity index (χ1n) is 19.2. The molecule has 0 heterocycles. The molecule has 0 aliphatic rings. The Morgan fingerprint density at radius 3 is 1.33 bits per heavy atom. The molecule has 0 aromatic heterocycles. The van der Waals surface area contributed by atoms with Gasteiger partial charge in [-0.3, -0.25) is 0 Å². The minimum atomic E-state index is -0.906. The molecule has 1 N–H and O–H groups in total. The van der Waals surface area contributed by atoms with Crippen molar-refractivity contribution in [2.24, 2.45) is 23.7 Å². The maximum absolute atomic E-state index is 11.6. The topological polar surface area (TPSA) is 55.8 Å². The monoisotopic (exact) mass is 611 g/mol. The number of carboxylic acid groups (broad SMARTS) is 1. The van der Waals surface area contributed by atoms with E-state index in [1.54, 1.807) is 0 Å². The van der Waals surface area contributed by atoms with E-state index in [0.29, 0.717) is 19.1 Å². The Bertz CT molecular complexity index is 578. The molecule has 258 valence electrons. The van der Waals surface area contributed by atoms with Crippen LogP contribution in [0.1, 0.15) is 196 Å². The summed E-state index contributed by atoms with van der Waals surface area (Å²) in [5.41, 5.74) is 0. The summed E-state index contributed by atoms with van der Waals surface area (Å²) < 4.78 is 11.4. The van der Waals surface area contributed by atoms with Crippen LogP contribution in [0.25, 0.3) is 0 Å². The molecule has 0 saturated heterocycles. The van der Waals surface area contributed by atoms with Gasteiger partial charge in [-0.25, -0.2) is 4.79 Å². The van der Waals surface area contributed by atoms with Gasteiger partial charge in [0.1, 0.15) is 0 Å². The number of hydrogen-bond donors (Lipinski definition) is 1. The van der Waals surface area contributed by atoms with Gasteiger partial charge in [0, 0.05) is 13.2 Å². The Balaban J connectivity index is 3.66. The van der Waals surface area contributed by atoms with Crippen LogP contribution >= 0.6 is 0 Å². The molecule has 0 saturated carbocycles. The highest BCUT2D eigenvalue weighted by molar-refractivity contribution is 5.72. The summed E-state index contributed by atoms with van der Waals surface area (Å²) in [4.78, 5) is 11.6. The summed E-state index contributed by atoms with van der Waals surface area (Å²) in [6.45, 7) is 15.3. The zero-order chi connectivity index (χ0) is 32.0. The number of carboxylic acids is 1. The fourth-order valence-electron chi connectivity index (χ4n) is 6.13. The molecular weight excluding hydrogens is 532 g/mol. The first kappa shape index (κ1) is 42.4. The zero-order valence-electron chi connectivity index (χ0n) is 30.2. The van der Waals surface area contributed by atoms with Crippen LogP contribution in [0.15, 0.2) is 0 Å². The SMILES string of the molecule is CCCCCCCCCCCCCCCCOCC(OCCC(C)CCCC(C)CCCC(C)CCCC(C)C)C(=O)O. The predicted molar refractivity (Wildman–Crippen MR) is 187 cm³/mol. The smallest absolute Gasteiger partial charge is 0.335 e. The summed E-state index contributed by atoms with van der Waals surface area (Å²) >= 11 is 0. The van der Waals surface area contributed by atoms with E-state index < -0.39 is 12.1 Å². The number of unbranched alkanes of at least 4 members (excludes halogenated alkanes) is 13. The van der Waals surface area contributed by atoms with E-state index in [1.165, 1.54) is 141 Å². The highest BCUT2D eigenvalue weighted by Crippen LogP contribution is 2.23. The van der Waals surface area contributed by atoms with Gasteiger partial charge >= 0.3 is 5.97 Å². The molecule has 4 atom stereocenters. The molecular formula is C39H78O4. The van der Waals surface area contributed by atoms with Crippen LogP contribution in [0.5, 0.6) is 0 Å². The molecule has 4 heteroatoms. The second-order valence-electron chi connectivity index (χ2n) is 14.7. The highest BCUT2D eigenvalue weighted by atomic mass is 16.5. The third-order valence-electron chi connectivity index (χ3n) is 9.38. The molecule has 0 fully saturated rings. The Hall–Kier alpha value is -0.610. The van der Waals surface area contributed by atoms with Gasteiger partial charge in [0.15, 0.2) is 6.10 Å². The van der Waals surface area contributed by atoms with Crippen LogP contribution < -0.4 is 0 Å². The van der Waals surface area contributed by atoms with E-state index in [0.717, 1.165) is 30.6 Å². The number of carbonyl (C=O) groups is 1. The molecule has 0 aromatic rings. The van der Waals surface area contributed by atoms with Crippen LogP contribution in [0, 0.1) is 23.7 Å². The molecule has 0 radical (unpaired) electrons. The maximum atomic E-state index is 11.6. The third kappa shape index (κ3) is 31.2. The largest absolute Gasteiger partial charge is 0.479 e. The van der Waals surface area contributed by atoms with Crippen molar-refractivity contribution in [2.75, 3.05) is 19.8 Å². The lowest BCUT2D eigenvalue weighted by molar-refractivity contribution is -0.155. The average Bonchev–Trinajstić information content (AvgIpc) is 2.95. The summed E-state index contributed by atoms with van der Waals surface area (Å²) in [7, 11) is 0. The van der Waals surface area contributed by atoms with Crippen molar-refractivity contribution < 1.29 is 19.4 Å². The second kappa shape index (κ2) is 31.4. The Labute approximate surface area is 270 Å². The molecule has 0 aliphatic carbocycles. The van der Waals surface area contributed by atoms with E-state index in [-0.39, 0.29) is 6.61 Å². The van der Waals surface area contributed by atoms with Crippen molar-refractivity contribution in [2.45, 2.75) is 202 Å². The quantitative estimate of drug-likeness (QED) is 0.0736. The Kier molecular flexibility index (Phi) is 30.9. The number of ether oxygens (including phenoxy) is 2. The van der Waals surface area contributed by atoms with Gasteiger partial charge in [0.05, 0.1) is 6.61 Å². The fraction of sp³-hybridized carbons (Fsp3) is 0.974. The first-order valence-corrected chi connectivity index (χ1v) is 19.2. The normalized spacial score (nSPS) is 14.7. The van der Waals surface area contributed by atoms with Crippen molar-refractivity contribution in [3.05, 3.63) is 0 Å². The molecule has 4 unspecified atom stereocenters. The van der Waals surface area contributed by atoms with E-state index in [4.69, 9.17) is 9.47 Å². The fourth-order valence-corrected chi connectivity index (χ4v) is 6.13. The molecule has 0 aliphatic heterocycles. The maximum Gasteiger partial charge on any atom is 0.335 e. The first-order chi connectivity index (χ1) is 20.8. The van der Waals surface area contributed by atoms with Gasteiger partial charge in [0.2, 0.25) is 0 Å². The van der Waals surface area contributed by atoms with E-state index in [9.17, 15) is 9.90 Å². The molecule has 0 amide bonds. The molecule has 0 rings (SSSR count). The van der Waals surface area contributed by atoms with Crippen LogP contribution in [0.3, 0.4) is 0 Å². The summed E-state index contributed by atoms with van der Waals surface area (Å²) in [6, 6.07) is 0. The van der Waals surface area contributed by atoms with Crippen molar-refractivity contribution >= 4 is 5.97 Å². The van der Waals surface area contributed by atoms with Crippen molar-refractivity contribution in [1.29, 1.82) is 0 Å². The lowest BCUT2D eigenvalue weighted by Crippen LogP contribution is -2.30. The average molecular weight is 611 g/mol. The molecule has 0 aromatic carbocycles. The van der Waals surface area contributed by atoms with Crippen molar-refractivity contribution in [3.63, 3.8) is 0 Å². The number of aliphatic carboxylic acids is 1. The minimum absolute atomic E-state index is 0.163. The van der Waals surface area contributed by atoms with Crippen molar-refractivity contribution in [1.82, 2.24) is 0 Å². The van der Waals surface area contributed by atoms with E-state index in [1.807, 2.05) is 0 Å². The molecule has 43 heavy (non-hydrogen) atoms. The van der Waals surface area contributed by atoms with Crippen molar-refractivity contribution in [3.8, 4) is 0 Å². The second-order valence-corrected chi connectivity index (χ2v) is 14.7. The number of hydrogen-bond acceptors (Lipinski definition) is 3. The highest BCUT2D eigenvalue weighted by Gasteiger charge is 2.18. The van der Waals surface area contributed by atoms with Crippen LogP contribution in [-0.4, -0.2) is 37.0 Å². The molecule has 0 spiro atoms. The van der Waals surface area contributed by atoms with Gasteiger partial charge in [-0.1, -0.05) is 183 Å². The zero-order valence-corrected chi connectivity index (χ0v) is 30.2. The summed E-state index contributed by atoms with van der Waals surface area (Å²) in [6.07, 6.45) is 30.8. The summed E-state index contributed by atoms with van der Waals surface area (Å²) in [5.74, 6) is 2.17. The Morgan fingerprint density at radius 1 is 0.512 bits per heavy atom. The third-order valence-corrected chi connectivity index (χ3v) is 9.38.